The highest BCUT2D eigenvalue weighted by atomic mass is 79.9. The first-order chi connectivity index (χ1) is 8.37. The maximum Gasteiger partial charge on any atom is 0.405 e. The first-order valence-electron chi connectivity index (χ1n) is 5.04. The fourth-order valence-electron chi connectivity index (χ4n) is 1.53. The number of anilines is 1. The van der Waals surface area contributed by atoms with E-state index < -0.39 is 19.3 Å². The molecule has 1 N–H and O–H groups in total. The lowest BCUT2D eigenvalue weighted by atomic mass is 10.1. The van der Waals surface area contributed by atoms with E-state index in [2.05, 4.69) is 15.9 Å². The van der Waals surface area contributed by atoms with Gasteiger partial charge in [-0.1, -0.05) is 15.9 Å². The molecule has 0 radical (unpaired) electrons. The van der Waals surface area contributed by atoms with E-state index in [4.69, 9.17) is 5.11 Å². The standard InChI is InChI=1S/C11H11BrF3NO2/c12-9-1-2-10(8(5-9)6-18)16(3-4-17)7-11(13,14)15/h1-2,5-6,17H,3-4,7H2. The molecule has 1 aromatic carbocycles. The molecular formula is C11H11BrF3NO2. The van der Waals surface area contributed by atoms with Gasteiger partial charge in [-0.2, -0.15) is 13.2 Å². The Bertz CT molecular complexity index is 423. The monoisotopic (exact) mass is 325 g/mol. The normalized spacial score (nSPS) is 11.4. The molecule has 0 saturated heterocycles. The second-order valence-corrected chi connectivity index (χ2v) is 4.50. The molecule has 1 aromatic rings. The minimum atomic E-state index is -4.40. The molecule has 3 nitrogen and oxygen atoms in total. The van der Waals surface area contributed by atoms with Crippen LogP contribution in [0.4, 0.5) is 18.9 Å². The predicted octanol–water partition coefficient (Wildman–Crippen LogP) is 2.62. The minimum Gasteiger partial charge on any atom is -0.395 e. The summed E-state index contributed by atoms with van der Waals surface area (Å²) in [6.45, 7) is -1.83. The van der Waals surface area contributed by atoms with Crippen LogP contribution in [0.25, 0.3) is 0 Å². The molecule has 0 aromatic heterocycles. The van der Waals surface area contributed by atoms with Crippen molar-refractivity contribution < 1.29 is 23.1 Å². The van der Waals surface area contributed by atoms with Crippen molar-refractivity contribution in [2.24, 2.45) is 0 Å². The van der Waals surface area contributed by atoms with Crippen LogP contribution < -0.4 is 4.90 Å². The molecule has 7 heteroatoms. The van der Waals surface area contributed by atoms with Gasteiger partial charge in [-0.25, -0.2) is 0 Å². The summed E-state index contributed by atoms with van der Waals surface area (Å²) < 4.78 is 37.8. The van der Waals surface area contributed by atoms with Gasteiger partial charge in [-0.3, -0.25) is 4.79 Å². The van der Waals surface area contributed by atoms with Gasteiger partial charge < -0.3 is 10.0 Å². The van der Waals surface area contributed by atoms with Crippen molar-refractivity contribution in [1.29, 1.82) is 0 Å². The summed E-state index contributed by atoms with van der Waals surface area (Å²) in [5, 5.41) is 8.81. The second-order valence-electron chi connectivity index (χ2n) is 3.58. The number of alkyl halides is 3. The molecule has 0 unspecified atom stereocenters. The zero-order valence-corrected chi connectivity index (χ0v) is 10.8. The summed E-state index contributed by atoms with van der Waals surface area (Å²) in [7, 11) is 0. The van der Waals surface area contributed by atoms with Crippen LogP contribution in [-0.4, -0.2) is 37.3 Å². The molecule has 0 fully saturated rings. The lowest BCUT2D eigenvalue weighted by Gasteiger charge is -2.26. The van der Waals surface area contributed by atoms with Crippen molar-refractivity contribution in [2.45, 2.75) is 6.18 Å². The van der Waals surface area contributed by atoms with Crippen molar-refractivity contribution in [3.8, 4) is 0 Å². The average molecular weight is 326 g/mol. The topological polar surface area (TPSA) is 40.5 Å². The van der Waals surface area contributed by atoms with Crippen molar-refractivity contribution in [3.05, 3.63) is 28.2 Å². The average Bonchev–Trinajstić information content (AvgIpc) is 2.26. The number of carbonyl (C=O) groups excluding carboxylic acids is 1. The lowest BCUT2D eigenvalue weighted by molar-refractivity contribution is -0.119. The highest BCUT2D eigenvalue weighted by Gasteiger charge is 2.31. The molecule has 0 heterocycles. The molecule has 0 aliphatic heterocycles. The number of aliphatic hydroxyl groups excluding tert-OH is 1. The summed E-state index contributed by atoms with van der Waals surface area (Å²) in [6, 6.07) is 4.39. The Morgan fingerprint density at radius 2 is 2.06 bits per heavy atom. The Labute approximate surface area is 110 Å². The number of hydrogen-bond donors (Lipinski definition) is 1. The number of benzene rings is 1. The van der Waals surface area contributed by atoms with Gasteiger partial charge in [0.1, 0.15) is 6.54 Å². The molecule has 0 aliphatic rings. The number of carbonyl (C=O) groups is 1. The third-order valence-corrected chi connectivity index (χ3v) is 2.69. The number of hydrogen-bond acceptors (Lipinski definition) is 3. The van der Waals surface area contributed by atoms with E-state index in [1.54, 1.807) is 6.07 Å². The summed E-state index contributed by atoms with van der Waals surface area (Å²) in [5.74, 6) is 0. The van der Waals surface area contributed by atoms with Gasteiger partial charge in [0.25, 0.3) is 0 Å². The van der Waals surface area contributed by atoms with Crippen LogP contribution in [0.5, 0.6) is 0 Å². The first-order valence-corrected chi connectivity index (χ1v) is 5.84. The maximum absolute atomic E-state index is 12.4. The number of nitrogens with zero attached hydrogens (tertiary/aromatic N) is 1. The van der Waals surface area contributed by atoms with E-state index >= 15 is 0 Å². The summed E-state index contributed by atoms with van der Waals surface area (Å²) in [4.78, 5) is 11.8. The first kappa shape index (κ1) is 15.0. The summed E-state index contributed by atoms with van der Waals surface area (Å²) in [6.07, 6.45) is -3.91. The number of aldehydes is 1. The zero-order chi connectivity index (χ0) is 13.8. The third-order valence-electron chi connectivity index (χ3n) is 2.20. The van der Waals surface area contributed by atoms with E-state index in [0.29, 0.717) is 10.8 Å². The molecule has 0 aliphatic carbocycles. The van der Waals surface area contributed by atoms with E-state index in [0.717, 1.165) is 4.90 Å². The van der Waals surface area contributed by atoms with Crippen LogP contribution in [0.2, 0.25) is 0 Å². The van der Waals surface area contributed by atoms with Crippen LogP contribution >= 0.6 is 15.9 Å². The molecule has 0 spiro atoms. The highest BCUT2D eigenvalue weighted by Crippen LogP contribution is 2.26. The summed E-state index contributed by atoms with van der Waals surface area (Å²) in [5.41, 5.74) is 0.293. The molecular weight excluding hydrogens is 315 g/mol. The SMILES string of the molecule is O=Cc1cc(Br)ccc1N(CCO)CC(F)(F)F. The van der Waals surface area contributed by atoms with E-state index in [-0.39, 0.29) is 17.8 Å². The van der Waals surface area contributed by atoms with Gasteiger partial charge in [0.15, 0.2) is 6.29 Å². The Morgan fingerprint density at radius 3 is 2.56 bits per heavy atom. The van der Waals surface area contributed by atoms with Crippen LogP contribution in [0, 0.1) is 0 Å². The molecule has 0 saturated carbocycles. The molecule has 1 rings (SSSR count). The fraction of sp³-hybridized carbons (Fsp3) is 0.364. The largest absolute Gasteiger partial charge is 0.405 e. The zero-order valence-electron chi connectivity index (χ0n) is 9.25. The third kappa shape index (κ3) is 4.30. The van der Waals surface area contributed by atoms with Crippen LogP contribution in [0.1, 0.15) is 10.4 Å². The van der Waals surface area contributed by atoms with Gasteiger partial charge in [0.2, 0.25) is 0 Å². The Balaban J connectivity index is 3.08. The number of rotatable bonds is 5. The van der Waals surface area contributed by atoms with Gasteiger partial charge >= 0.3 is 6.18 Å². The van der Waals surface area contributed by atoms with Crippen molar-refractivity contribution in [1.82, 2.24) is 0 Å². The fourth-order valence-corrected chi connectivity index (χ4v) is 1.91. The lowest BCUT2D eigenvalue weighted by Crippen LogP contribution is -2.36. The van der Waals surface area contributed by atoms with E-state index in [1.807, 2.05) is 0 Å². The van der Waals surface area contributed by atoms with Crippen molar-refractivity contribution >= 4 is 27.9 Å². The smallest absolute Gasteiger partial charge is 0.395 e. The molecule has 0 amide bonds. The van der Waals surface area contributed by atoms with Gasteiger partial charge in [0, 0.05) is 22.3 Å². The maximum atomic E-state index is 12.4. The predicted molar refractivity (Wildman–Crippen MR) is 64.9 cm³/mol. The highest BCUT2D eigenvalue weighted by molar-refractivity contribution is 9.10. The molecule has 0 bridgehead atoms. The minimum absolute atomic E-state index is 0.141. The molecule has 0 atom stereocenters. The Morgan fingerprint density at radius 1 is 1.39 bits per heavy atom. The quantitative estimate of drug-likeness (QED) is 0.846. The van der Waals surface area contributed by atoms with Crippen LogP contribution in [0.15, 0.2) is 22.7 Å². The molecule has 100 valence electrons. The van der Waals surface area contributed by atoms with Gasteiger partial charge in [0.05, 0.1) is 6.61 Å². The molecule has 18 heavy (non-hydrogen) atoms. The Hall–Kier alpha value is -1.08. The van der Waals surface area contributed by atoms with Gasteiger partial charge in [-0.05, 0) is 18.2 Å². The van der Waals surface area contributed by atoms with Crippen molar-refractivity contribution in [3.63, 3.8) is 0 Å². The number of halogens is 4. The van der Waals surface area contributed by atoms with Crippen LogP contribution in [0.3, 0.4) is 0 Å². The van der Waals surface area contributed by atoms with E-state index in [9.17, 15) is 18.0 Å². The van der Waals surface area contributed by atoms with Gasteiger partial charge in [-0.15, -0.1) is 0 Å². The Kier molecular flexibility index (Phi) is 5.15. The van der Waals surface area contributed by atoms with Crippen LogP contribution in [-0.2, 0) is 0 Å². The van der Waals surface area contributed by atoms with E-state index in [1.165, 1.54) is 12.1 Å². The number of aliphatic hydroxyl groups is 1. The van der Waals surface area contributed by atoms with Crippen molar-refractivity contribution in [2.75, 3.05) is 24.6 Å². The summed E-state index contributed by atoms with van der Waals surface area (Å²) >= 11 is 3.14. The second kappa shape index (κ2) is 6.19.